The zero-order valence-corrected chi connectivity index (χ0v) is 18.7. The second-order valence-electron chi connectivity index (χ2n) is 7.47. The van der Waals surface area contributed by atoms with E-state index in [0.717, 1.165) is 19.3 Å². The van der Waals surface area contributed by atoms with Crippen LogP contribution in [0.5, 0.6) is 0 Å². The first-order chi connectivity index (χ1) is 15.3. The van der Waals surface area contributed by atoms with E-state index >= 15 is 0 Å². The highest BCUT2D eigenvalue weighted by Crippen LogP contribution is 2.21. The molecule has 0 atom stereocenters. The van der Waals surface area contributed by atoms with Gasteiger partial charge in [-0.05, 0) is 55.3 Å². The van der Waals surface area contributed by atoms with Crippen molar-refractivity contribution in [1.82, 2.24) is 4.31 Å². The Morgan fingerprint density at radius 1 is 0.969 bits per heavy atom. The van der Waals surface area contributed by atoms with Gasteiger partial charge in [-0.25, -0.2) is 13.2 Å². The summed E-state index contributed by atoms with van der Waals surface area (Å²) in [6.45, 7) is 2.18. The molecule has 8 nitrogen and oxygen atoms in total. The summed E-state index contributed by atoms with van der Waals surface area (Å²) in [6.07, 6.45) is 2.98. The molecule has 170 valence electrons. The van der Waals surface area contributed by atoms with E-state index in [1.807, 2.05) is 0 Å². The lowest BCUT2D eigenvalue weighted by Gasteiger charge is -2.25. The Bertz CT molecular complexity index is 1090. The van der Waals surface area contributed by atoms with Crippen LogP contribution in [0.15, 0.2) is 53.4 Å². The van der Waals surface area contributed by atoms with E-state index in [0.29, 0.717) is 30.8 Å². The molecule has 32 heavy (non-hydrogen) atoms. The lowest BCUT2D eigenvalue weighted by atomic mass is 10.1. The van der Waals surface area contributed by atoms with Crippen molar-refractivity contribution in [2.75, 3.05) is 25.0 Å². The summed E-state index contributed by atoms with van der Waals surface area (Å²) in [7, 11) is -3.68. The number of esters is 1. The van der Waals surface area contributed by atoms with Crippen molar-refractivity contribution in [3.8, 4) is 0 Å². The van der Waals surface area contributed by atoms with Gasteiger partial charge < -0.3 is 10.1 Å². The van der Waals surface area contributed by atoms with Crippen LogP contribution in [0.25, 0.3) is 0 Å². The molecule has 0 spiro atoms. The Morgan fingerprint density at radius 2 is 1.66 bits per heavy atom. The van der Waals surface area contributed by atoms with Crippen LogP contribution >= 0.6 is 0 Å². The fourth-order valence-electron chi connectivity index (χ4n) is 3.32. The van der Waals surface area contributed by atoms with Crippen molar-refractivity contribution >= 4 is 33.4 Å². The maximum absolute atomic E-state index is 12.8. The van der Waals surface area contributed by atoms with E-state index in [1.165, 1.54) is 40.7 Å². The third kappa shape index (κ3) is 5.80. The van der Waals surface area contributed by atoms with E-state index in [2.05, 4.69) is 5.32 Å². The number of piperidine rings is 1. The summed E-state index contributed by atoms with van der Waals surface area (Å²) in [5, 5.41) is 2.68. The molecule has 1 saturated heterocycles. The molecule has 1 aliphatic heterocycles. The number of hydrogen-bond acceptors (Lipinski definition) is 6. The number of nitrogens with one attached hydrogen (secondary N) is 1. The molecule has 0 saturated carbocycles. The third-order valence-electron chi connectivity index (χ3n) is 5.17. The number of carbonyl (C=O) groups excluding carboxylic acids is 3. The Labute approximate surface area is 187 Å². The highest BCUT2D eigenvalue weighted by atomic mass is 32.2. The summed E-state index contributed by atoms with van der Waals surface area (Å²) in [5.41, 5.74) is 0.958. The highest BCUT2D eigenvalue weighted by Gasteiger charge is 2.26. The minimum atomic E-state index is -3.68. The topological polar surface area (TPSA) is 110 Å². The Kier molecular flexibility index (Phi) is 7.76. The van der Waals surface area contributed by atoms with Gasteiger partial charge in [-0.1, -0.05) is 19.4 Å². The number of amides is 1. The van der Waals surface area contributed by atoms with Crippen molar-refractivity contribution < 1.29 is 27.5 Å². The van der Waals surface area contributed by atoms with Crippen LogP contribution in [0, 0.1) is 0 Å². The van der Waals surface area contributed by atoms with Gasteiger partial charge in [-0.3, -0.25) is 9.59 Å². The van der Waals surface area contributed by atoms with Crippen LogP contribution in [-0.2, 0) is 19.6 Å². The zero-order valence-electron chi connectivity index (χ0n) is 17.9. The predicted molar refractivity (Wildman–Crippen MR) is 119 cm³/mol. The van der Waals surface area contributed by atoms with Gasteiger partial charge in [0.15, 0.2) is 12.4 Å². The van der Waals surface area contributed by atoms with Gasteiger partial charge in [0.05, 0.1) is 10.5 Å². The lowest BCUT2D eigenvalue weighted by molar-refractivity contribution is -0.115. The number of rotatable bonds is 8. The smallest absolute Gasteiger partial charge is 0.338 e. The van der Waals surface area contributed by atoms with E-state index in [9.17, 15) is 22.8 Å². The number of ether oxygens (including phenoxy) is 1. The molecule has 3 rings (SSSR count). The van der Waals surface area contributed by atoms with Crippen LogP contribution in [0.4, 0.5) is 5.69 Å². The van der Waals surface area contributed by atoms with Crippen molar-refractivity contribution in [3.05, 3.63) is 59.7 Å². The number of carbonyl (C=O) groups is 3. The van der Waals surface area contributed by atoms with Crippen molar-refractivity contribution in [2.24, 2.45) is 0 Å². The van der Waals surface area contributed by atoms with Crippen LogP contribution in [-0.4, -0.2) is 50.1 Å². The van der Waals surface area contributed by atoms with Gasteiger partial charge >= 0.3 is 5.97 Å². The molecular formula is C23H26N2O6S. The van der Waals surface area contributed by atoms with Gasteiger partial charge in [-0.15, -0.1) is 0 Å². The maximum Gasteiger partial charge on any atom is 0.338 e. The normalized spacial score (nSPS) is 14.5. The summed E-state index contributed by atoms with van der Waals surface area (Å²) in [4.78, 5) is 36.2. The number of anilines is 1. The van der Waals surface area contributed by atoms with E-state index < -0.39 is 28.4 Å². The minimum Gasteiger partial charge on any atom is -0.454 e. The van der Waals surface area contributed by atoms with Gasteiger partial charge in [-0.2, -0.15) is 4.31 Å². The predicted octanol–water partition coefficient (Wildman–Crippen LogP) is 3.25. The molecule has 0 unspecified atom stereocenters. The molecule has 1 fully saturated rings. The molecular weight excluding hydrogens is 432 g/mol. The average Bonchev–Trinajstić information content (AvgIpc) is 2.83. The number of nitrogens with zero attached hydrogens (tertiary/aromatic N) is 1. The first kappa shape index (κ1) is 23.6. The molecule has 0 aliphatic carbocycles. The van der Waals surface area contributed by atoms with Crippen LogP contribution in [0.2, 0.25) is 0 Å². The molecule has 1 heterocycles. The molecule has 0 aromatic heterocycles. The van der Waals surface area contributed by atoms with Gasteiger partial charge in [0.2, 0.25) is 15.9 Å². The largest absolute Gasteiger partial charge is 0.454 e. The number of sulfonamides is 1. The Hall–Kier alpha value is -3.04. The first-order valence-electron chi connectivity index (χ1n) is 10.5. The Morgan fingerprint density at radius 3 is 2.31 bits per heavy atom. The lowest BCUT2D eigenvalue weighted by Crippen LogP contribution is -2.35. The SMILES string of the molecule is CCC(=O)Nc1ccc(C(=O)COC(=O)c2cccc(S(=O)(=O)N3CCCCC3)c2)cc1. The van der Waals surface area contributed by atoms with Crippen molar-refractivity contribution in [2.45, 2.75) is 37.5 Å². The molecule has 1 N–H and O–H groups in total. The van der Waals surface area contributed by atoms with Crippen LogP contribution < -0.4 is 5.32 Å². The second-order valence-corrected chi connectivity index (χ2v) is 9.41. The summed E-state index contributed by atoms with van der Waals surface area (Å²) in [5.74, 6) is -1.33. The van der Waals surface area contributed by atoms with Gasteiger partial charge in [0.1, 0.15) is 0 Å². The number of Topliss-reactive ketones (excluding diaryl/α,β-unsaturated/α-hetero) is 1. The fourth-order valence-corrected chi connectivity index (χ4v) is 4.89. The Balaban J connectivity index is 1.62. The minimum absolute atomic E-state index is 0.0323. The molecule has 2 aromatic rings. The van der Waals surface area contributed by atoms with Crippen molar-refractivity contribution in [3.63, 3.8) is 0 Å². The first-order valence-corrected chi connectivity index (χ1v) is 12.0. The molecule has 1 amide bonds. The average molecular weight is 459 g/mol. The quantitative estimate of drug-likeness (QED) is 0.480. The van der Waals surface area contributed by atoms with E-state index in [4.69, 9.17) is 4.74 Å². The van der Waals surface area contributed by atoms with E-state index in [1.54, 1.807) is 19.1 Å². The number of benzene rings is 2. The molecule has 0 radical (unpaired) electrons. The maximum atomic E-state index is 12.8. The molecule has 9 heteroatoms. The third-order valence-corrected chi connectivity index (χ3v) is 7.06. The number of hydrogen-bond donors (Lipinski definition) is 1. The van der Waals surface area contributed by atoms with Crippen LogP contribution in [0.1, 0.15) is 53.3 Å². The van der Waals surface area contributed by atoms with Crippen molar-refractivity contribution in [1.29, 1.82) is 0 Å². The van der Waals surface area contributed by atoms with Crippen LogP contribution in [0.3, 0.4) is 0 Å². The summed E-state index contributed by atoms with van der Waals surface area (Å²) >= 11 is 0. The van der Waals surface area contributed by atoms with E-state index in [-0.39, 0.29) is 16.4 Å². The van der Waals surface area contributed by atoms with Gasteiger partial charge in [0.25, 0.3) is 0 Å². The molecule has 0 bridgehead atoms. The monoisotopic (exact) mass is 458 g/mol. The molecule has 1 aliphatic rings. The molecule has 2 aromatic carbocycles. The fraction of sp³-hybridized carbons (Fsp3) is 0.348. The zero-order chi connectivity index (χ0) is 23.1. The standard InChI is InChI=1S/C23H26N2O6S/c1-2-22(27)24-19-11-9-17(10-12-19)21(26)16-31-23(28)18-7-6-8-20(15-18)32(29,30)25-13-4-3-5-14-25/h6-12,15H,2-5,13-14,16H2,1H3,(H,24,27). The highest BCUT2D eigenvalue weighted by molar-refractivity contribution is 7.89. The number of ketones is 1. The summed E-state index contributed by atoms with van der Waals surface area (Å²) in [6, 6.07) is 11.9. The second kappa shape index (κ2) is 10.5. The summed E-state index contributed by atoms with van der Waals surface area (Å²) < 4.78 is 32.2. The van der Waals surface area contributed by atoms with Gasteiger partial charge in [0, 0.05) is 30.8 Å².